The molecule has 2 aromatic rings. The zero-order valence-electron chi connectivity index (χ0n) is 15.9. The van der Waals surface area contributed by atoms with Crippen LogP contribution in [0, 0.1) is 0 Å². The van der Waals surface area contributed by atoms with Crippen molar-refractivity contribution in [3.8, 4) is 5.75 Å². The predicted molar refractivity (Wildman–Crippen MR) is 109 cm³/mol. The largest absolute Gasteiger partial charge is 0.497 e. The van der Waals surface area contributed by atoms with Crippen molar-refractivity contribution in [1.29, 1.82) is 0 Å². The van der Waals surface area contributed by atoms with Crippen molar-refractivity contribution in [1.82, 2.24) is 4.90 Å². The van der Waals surface area contributed by atoms with Gasteiger partial charge in [-0.2, -0.15) is 0 Å². The molecule has 2 amide bonds. The second kappa shape index (κ2) is 7.35. The van der Waals surface area contributed by atoms with Crippen molar-refractivity contribution in [2.75, 3.05) is 25.1 Å². The highest BCUT2D eigenvalue weighted by Gasteiger charge is 2.42. The molecule has 2 aliphatic heterocycles. The van der Waals surface area contributed by atoms with Gasteiger partial charge in [0.1, 0.15) is 11.4 Å². The van der Waals surface area contributed by atoms with Crippen LogP contribution < -0.4 is 9.64 Å². The lowest BCUT2D eigenvalue weighted by molar-refractivity contribution is -0.136. The molecule has 0 aliphatic carbocycles. The van der Waals surface area contributed by atoms with Gasteiger partial charge in [-0.25, -0.2) is 0 Å². The van der Waals surface area contributed by atoms with Crippen LogP contribution in [-0.4, -0.2) is 36.9 Å². The summed E-state index contributed by atoms with van der Waals surface area (Å²) in [5, 5.41) is 0. The normalized spacial score (nSPS) is 16.5. The maximum absolute atomic E-state index is 13.3. The van der Waals surface area contributed by atoms with Gasteiger partial charge in [-0.05, 0) is 42.2 Å². The Morgan fingerprint density at radius 3 is 2.54 bits per heavy atom. The predicted octanol–water partition coefficient (Wildman–Crippen LogP) is 3.41. The third-order valence-corrected chi connectivity index (χ3v) is 5.21. The Labute approximate surface area is 164 Å². The molecule has 142 valence electrons. The molecular weight excluding hydrogens is 352 g/mol. The summed E-state index contributed by atoms with van der Waals surface area (Å²) in [6.07, 6.45) is 3.48. The molecule has 0 N–H and O–H groups in total. The number of aryl methyl sites for hydroxylation is 1. The summed E-state index contributed by atoms with van der Waals surface area (Å²) in [4.78, 5) is 29.7. The van der Waals surface area contributed by atoms with Crippen molar-refractivity contribution in [3.05, 3.63) is 78.0 Å². The minimum absolute atomic E-state index is 0.191. The van der Waals surface area contributed by atoms with E-state index in [2.05, 4.69) is 12.6 Å². The van der Waals surface area contributed by atoms with Gasteiger partial charge in [0.15, 0.2) is 0 Å². The average Bonchev–Trinajstić information content (AvgIpc) is 2.98. The van der Waals surface area contributed by atoms with E-state index in [-0.39, 0.29) is 18.4 Å². The summed E-state index contributed by atoms with van der Waals surface area (Å²) in [6, 6.07) is 15.3. The fraction of sp³-hybridized carbons (Fsp3) is 0.217. The molecule has 0 unspecified atom stereocenters. The van der Waals surface area contributed by atoms with Crippen LogP contribution in [0.15, 0.2) is 66.9 Å². The number of imide groups is 1. The van der Waals surface area contributed by atoms with Crippen LogP contribution in [0.2, 0.25) is 0 Å². The minimum Gasteiger partial charge on any atom is -0.497 e. The van der Waals surface area contributed by atoms with E-state index in [9.17, 15) is 9.59 Å². The number of fused-ring (bicyclic) bond motifs is 1. The highest BCUT2D eigenvalue weighted by Crippen LogP contribution is 2.38. The second-order valence-corrected chi connectivity index (χ2v) is 6.85. The topological polar surface area (TPSA) is 49.9 Å². The van der Waals surface area contributed by atoms with Gasteiger partial charge in [-0.15, -0.1) is 6.58 Å². The maximum Gasteiger partial charge on any atom is 0.278 e. The molecule has 0 radical (unpaired) electrons. The molecule has 5 heteroatoms. The van der Waals surface area contributed by atoms with Gasteiger partial charge in [0.05, 0.1) is 12.7 Å². The van der Waals surface area contributed by atoms with Crippen LogP contribution in [0.5, 0.6) is 5.75 Å². The smallest absolute Gasteiger partial charge is 0.278 e. The number of para-hydroxylation sites is 1. The first kappa shape index (κ1) is 18.0. The molecular formula is C23H22N2O3. The summed E-state index contributed by atoms with van der Waals surface area (Å²) >= 11 is 0. The van der Waals surface area contributed by atoms with E-state index >= 15 is 0 Å². The number of amides is 2. The number of nitrogens with zero attached hydrogens (tertiary/aromatic N) is 2. The highest BCUT2D eigenvalue weighted by molar-refractivity contribution is 6.36. The number of hydrogen-bond acceptors (Lipinski definition) is 4. The van der Waals surface area contributed by atoms with E-state index in [1.165, 1.54) is 10.5 Å². The molecule has 0 spiro atoms. The fourth-order valence-corrected chi connectivity index (χ4v) is 3.89. The average molecular weight is 374 g/mol. The number of anilines is 1. The summed E-state index contributed by atoms with van der Waals surface area (Å²) in [5.74, 6) is 0.148. The van der Waals surface area contributed by atoms with Crippen LogP contribution in [0.1, 0.15) is 17.5 Å². The second-order valence-electron chi connectivity index (χ2n) is 6.85. The number of rotatable bonds is 5. The lowest BCUT2D eigenvalue weighted by atomic mass is 9.98. The van der Waals surface area contributed by atoms with Gasteiger partial charge in [-0.3, -0.25) is 14.5 Å². The number of hydrogen-bond donors (Lipinski definition) is 0. The van der Waals surface area contributed by atoms with Gasteiger partial charge < -0.3 is 9.64 Å². The van der Waals surface area contributed by atoms with Crippen molar-refractivity contribution in [3.63, 3.8) is 0 Å². The third-order valence-electron chi connectivity index (χ3n) is 5.21. The van der Waals surface area contributed by atoms with Gasteiger partial charge in [0.2, 0.25) is 0 Å². The maximum atomic E-state index is 13.3. The van der Waals surface area contributed by atoms with Crippen LogP contribution in [0.3, 0.4) is 0 Å². The molecule has 0 fully saturated rings. The number of carbonyl (C=O) groups excluding carboxylic acids is 2. The van der Waals surface area contributed by atoms with E-state index in [1.54, 1.807) is 25.3 Å². The van der Waals surface area contributed by atoms with E-state index in [0.29, 0.717) is 29.1 Å². The van der Waals surface area contributed by atoms with Crippen molar-refractivity contribution >= 4 is 23.1 Å². The molecule has 0 saturated heterocycles. The third kappa shape index (κ3) is 2.89. The summed E-state index contributed by atoms with van der Waals surface area (Å²) in [7, 11) is 1.60. The Kier molecular flexibility index (Phi) is 4.74. The Morgan fingerprint density at radius 2 is 1.82 bits per heavy atom. The number of methoxy groups -OCH3 is 1. The van der Waals surface area contributed by atoms with Crippen molar-refractivity contribution in [2.45, 2.75) is 12.8 Å². The molecule has 2 aliphatic rings. The lowest BCUT2D eigenvalue weighted by Crippen LogP contribution is -2.37. The molecule has 4 rings (SSSR count). The van der Waals surface area contributed by atoms with Crippen molar-refractivity contribution < 1.29 is 14.3 Å². The SMILES string of the molecule is C=CCN1C(=O)C(c2ccc(OC)cc2)=C(N2CCCc3ccccc32)C1=O. The van der Waals surface area contributed by atoms with Crippen LogP contribution >= 0.6 is 0 Å². The molecule has 28 heavy (non-hydrogen) atoms. The number of benzene rings is 2. The number of ether oxygens (including phenoxy) is 1. The molecule has 2 aromatic carbocycles. The molecule has 0 aromatic heterocycles. The first-order chi connectivity index (χ1) is 13.7. The van der Waals surface area contributed by atoms with E-state index in [0.717, 1.165) is 18.5 Å². The highest BCUT2D eigenvalue weighted by atomic mass is 16.5. The van der Waals surface area contributed by atoms with Gasteiger partial charge in [-0.1, -0.05) is 36.4 Å². The van der Waals surface area contributed by atoms with Gasteiger partial charge in [0, 0.05) is 18.8 Å². The fourth-order valence-electron chi connectivity index (χ4n) is 3.89. The standard InChI is InChI=1S/C23H22N2O3/c1-3-14-25-22(26)20(17-10-12-18(28-2)13-11-17)21(23(25)27)24-15-6-8-16-7-4-5-9-19(16)24/h3-5,7,9-13H,1,6,8,14-15H2,2H3. The van der Waals surface area contributed by atoms with Crippen LogP contribution in [0.25, 0.3) is 5.57 Å². The van der Waals surface area contributed by atoms with Gasteiger partial charge >= 0.3 is 0 Å². The first-order valence-electron chi connectivity index (χ1n) is 9.37. The summed E-state index contributed by atoms with van der Waals surface area (Å²) < 4.78 is 5.23. The van der Waals surface area contributed by atoms with E-state index in [4.69, 9.17) is 4.74 Å². The Morgan fingerprint density at radius 1 is 1.07 bits per heavy atom. The Balaban J connectivity index is 1.88. The molecule has 0 saturated carbocycles. The molecule has 2 heterocycles. The molecule has 0 bridgehead atoms. The summed E-state index contributed by atoms with van der Waals surface area (Å²) in [5.41, 5.74) is 3.79. The van der Waals surface area contributed by atoms with E-state index in [1.807, 2.05) is 35.2 Å². The van der Waals surface area contributed by atoms with E-state index < -0.39 is 0 Å². The minimum atomic E-state index is -0.284. The quantitative estimate of drug-likeness (QED) is 0.594. The van der Waals surface area contributed by atoms with Gasteiger partial charge in [0.25, 0.3) is 11.8 Å². The Hall–Kier alpha value is -3.34. The lowest BCUT2D eigenvalue weighted by Gasteiger charge is -2.32. The zero-order valence-corrected chi connectivity index (χ0v) is 15.9. The monoisotopic (exact) mass is 374 g/mol. The summed E-state index contributed by atoms with van der Waals surface area (Å²) in [6.45, 7) is 4.58. The van der Waals surface area contributed by atoms with Crippen LogP contribution in [-0.2, 0) is 16.0 Å². The van der Waals surface area contributed by atoms with Crippen LogP contribution in [0.4, 0.5) is 5.69 Å². The zero-order chi connectivity index (χ0) is 19.7. The number of carbonyl (C=O) groups is 2. The molecule has 0 atom stereocenters. The molecule has 5 nitrogen and oxygen atoms in total. The first-order valence-corrected chi connectivity index (χ1v) is 9.37. The van der Waals surface area contributed by atoms with Crippen molar-refractivity contribution in [2.24, 2.45) is 0 Å². The Bertz CT molecular complexity index is 976.